The highest BCUT2D eigenvalue weighted by Crippen LogP contribution is 2.17. The second kappa shape index (κ2) is 7.44. The third-order valence-electron chi connectivity index (χ3n) is 2.18. The van der Waals surface area contributed by atoms with E-state index in [1.165, 1.54) is 0 Å². The van der Waals surface area contributed by atoms with E-state index < -0.39 is 0 Å². The van der Waals surface area contributed by atoms with Gasteiger partial charge in [0.15, 0.2) is 11.7 Å². The van der Waals surface area contributed by atoms with Gasteiger partial charge in [-0.25, -0.2) is 4.98 Å². The molecule has 0 spiro atoms. The van der Waals surface area contributed by atoms with E-state index in [0.717, 1.165) is 23.6 Å². The van der Waals surface area contributed by atoms with Gasteiger partial charge in [-0.05, 0) is 13.8 Å². The van der Waals surface area contributed by atoms with Crippen molar-refractivity contribution in [1.82, 2.24) is 4.98 Å². The fraction of sp³-hybridized carbons (Fsp3) is 0.267. The lowest BCUT2D eigenvalue weighted by Crippen LogP contribution is -1.76. The molecule has 0 radical (unpaired) electrons. The van der Waals surface area contributed by atoms with E-state index in [9.17, 15) is 0 Å². The first kappa shape index (κ1) is 13.2. The first-order valence-corrected chi connectivity index (χ1v) is 5.89. The highest BCUT2D eigenvalue weighted by atomic mass is 16.4. The van der Waals surface area contributed by atoms with Crippen LogP contribution in [0.3, 0.4) is 0 Å². The Labute approximate surface area is 103 Å². The molecule has 0 saturated heterocycles. The van der Waals surface area contributed by atoms with Gasteiger partial charge in [0.05, 0.1) is 6.20 Å². The number of hydrogen-bond donors (Lipinski definition) is 0. The lowest BCUT2D eigenvalue weighted by Gasteiger charge is -1.94. The standard InChI is InChI=1S/C15H19NO/c1-4-7-8-9-11-13(10-5-2)14-12-16-15(6-3)17-14/h4-5,7-12H,6H2,1-3H3/b7-4-,9-8-,10-5+,13-11+. The normalized spacial score (nSPS) is 13.5. The number of rotatable bonds is 5. The predicted octanol–water partition coefficient (Wildman–Crippen LogP) is 4.33. The van der Waals surface area contributed by atoms with E-state index >= 15 is 0 Å². The maximum atomic E-state index is 5.62. The molecule has 2 heteroatoms. The minimum atomic E-state index is 0.771. The number of oxazole rings is 1. The summed E-state index contributed by atoms with van der Waals surface area (Å²) >= 11 is 0. The monoisotopic (exact) mass is 229 g/mol. The molecule has 0 aromatic carbocycles. The first-order chi connectivity index (χ1) is 8.31. The van der Waals surface area contributed by atoms with Gasteiger partial charge >= 0.3 is 0 Å². The zero-order valence-electron chi connectivity index (χ0n) is 10.7. The molecule has 0 aliphatic rings. The topological polar surface area (TPSA) is 26.0 Å². The third-order valence-corrected chi connectivity index (χ3v) is 2.18. The lowest BCUT2D eigenvalue weighted by molar-refractivity contribution is 0.492. The van der Waals surface area contributed by atoms with Crippen LogP contribution in [0.1, 0.15) is 32.4 Å². The maximum absolute atomic E-state index is 5.62. The van der Waals surface area contributed by atoms with Crippen molar-refractivity contribution in [2.45, 2.75) is 27.2 Å². The molecule has 1 heterocycles. The van der Waals surface area contributed by atoms with Gasteiger partial charge in [0, 0.05) is 12.0 Å². The smallest absolute Gasteiger partial charge is 0.194 e. The molecule has 17 heavy (non-hydrogen) atoms. The second-order valence-corrected chi connectivity index (χ2v) is 3.50. The number of nitrogens with zero attached hydrogens (tertiary/aromatic N) is 1. The van der Waals surface area contributed by atoms with E-state index in [-0.39, 0.29) is 0 Å². The highest BCUT2D eigenvalue weighted by molar-refractivity contribution is 5.71. The highest BCUT2D eigenvalue weighted by Gasteiger charge is 2.04. The average Bonchev–Trinajstić information content (AvgIpc) is 2.82. The second-order valence-electron chi connectivity index (χ2n) is 3.50. The molecule has 0 unspecified atom stereocenters. The molecule has 0 aliphatic carbocycles. The molecular formula is C15H19NO. The molecule has 0 fully saturated rings. The molecule has 0 bridgehead atoms. The van der Waals surface area contributed by atoms with Crippen LogP contribution in [0.25, 0.3) is 5.57 Å². The van der Waals surface area contributed by atoms with Gasteiger partial charge in [-0.3, -0.25) is 0 Å². The van der Waals surface area contributed by atoms with E-state index in [0.29, 0.717) is 0 Å². The van der Waals surface area contributed by atoms with Crippen LogP contribution in [0.5, 0.6) is 0 Å². The summed E-state index contributed by atoms with van der Waals surface area (Å²) in [6.07, 6.45) is 16.6. The van der Waals surface area contributed by atoms with Crippen LogP contribution >= 0.6 is 0 Å². The van der Waals surface area contributed by atoms with Crippen molar-refractivity contribution in [3.05, 3.63) is 60.4 Å². The average molecular weight is 229 g/mol. The van der Waals surface area contributed by atoms with Crippen LogP contribution in [0.2, 0.25) is 0 Å². The summed E-state index contributed by atoms with van der Waals surface area (Å²) in [7, 11) is 0. The minimum Gasteiger partial charge on any atom is -0.441 e. The van der Waals surface area contributed by atoms with Crippen molar-refractivity contribution in [1.29, 1.82) is 0 Å². The van der Waals surface area contributed by atoms with Gasteiger partial charge in [0.1, 0.15) is 0 Å². The molecule has 0 amide bonds. The summed E-state index contributed by atoms with van der Waals surface area (Å²) in [5.41, 5.74) is 1.03. The molecule has 0 N–H and O–H groups in total. The Morgan fingerprint density at radius 2 is 2.06 bits per heavy atom. The van der Waals surface area contributed by atoms with E-state index in [1.807, 2.05) is 63.3 Å². The Hall–Kier alpha value is -1.83. The number of hydrogen-bond acceptors (Lipinski definition) is 2. The van der Waals surface area contributed by atoms with E-state index in [2.05, 4.69) is 4.98 Å². The Balaban J connectivity index is 2.92. The van der Waals surface area contributed by atoms with Crippen molar-refractivity contribution in [3.63, 3.8) is 0 Å². The van der Waals surface area contributed by atoms with Gasteiger partial charge in [0.2, 0.25) is 0 Å². The Morgan fingerprint density at radius 1 is 1.24 bits per heavy atom. The summed E-state index contributed by atoms with van der Waals surface area (Å²) in [6.45, 7) is 6.01. The maximum Gasteiger partial charge on any atom is 0.194 e. The Morgan fingerprint density at radius 3 is 2.65 bits per heavy atom. The van der Waals surface area contributed by atoms with Gasteiger partial charge < -0.3 is 4.42 Å². The predicted molar refractivity (Wildman–Crippen MR) is 72.6 cm³/mol. The Kier molecular flexibility index (Phi) is 5.80. The zero-order chi connectivity index (χ0) is 12.5. The zero-order valence-corrected chi connectivity index (χ0v) is 10.7. The van der Waals surface area contributed by atoms with Gasteiger partial charge in [-0.1, -0.05) is 49.5 Å². The largest absolute Gasteiger partial charge is 0.441 e. The molecule has 90 valence electrons. The van der Waals surface area contributed by atoms with Crippen molar-refractivity contribution in [2.24, 2.45) is 0 Å². The van der Waals surface area contributed by atoms with Crippen LogP contribution in [0, 0.1) is 0 Å². The van der Waals surface area contributed by atoms with Crippen LogP contribution in [-0.2, 0) is 6.42 Å². The summed E-state index contributed by atoms with van der Waals surface area (Å²) in [4.78, 5) is 4.20. The van der Waals surface area contributed by atoms with Crippen molar-refractivity contribution >= 4 is 5.57 Å². The van der Waals surface area contributed by atoms with Crippen LogP contribution in [0.15, 0.2) is 53.1 Å². The Bertz CT molecular complexity index is 447. The van der Waals surface area contributed by atoms with E-state index in [4.69, 9.17) is 4.42 Å². The molecule has 2 nitrogen and oxygen atoms in total. The van der Waals surface area contributed by atoms with Gasteiger partial charge in [0.25, 0.3) is 0 Å². The number of allylic oxidation sites excluding steroid dienone is 8. The fourth-order valence-corrected chi connectivity index (χ4v) is 1.34. The summed E-state index contributed by atoms with van der Waals surface area (Å²) in [5.74, 6) is 1.58. The summed E-state index contributed by atoms with van der Waals surface area (Å²) in [5, 5.41) is 0. The molecule has 1 aromatic rings. The summed E-state index contributed by atoms with van der Waals surface area (Å²) < 4.78 is 5.62. The quantitative estimate of drug-likeness (QED) is 0.702. The van der Waals surface area contributed by atoms with Crippen LogP contribution < -0.4 is 0 Å². The molecule has 0 atom stereocenters. The summed E-state index contributed by atoms with van der Waals surface area (Å²) in [6, 6.07) is 0. The van der Waals surface area contributed by atoms with Gasteiger partial charge in [-0.15, -0.1) is 0 Å². The van der Waals surface area contributed by atoms with Crippen molar-refractivity contribution in [3.8, 4) is 0 Å². The van der Waals surface area contributed by atoms with Crippen molar-refractivity contribution in [2.75, 3.05) is 0 Å². The minimum absolute atomic E-state index is 0.771. The van der Waals surface area contributed by atoms with Crippen molar-refractivity contribution < 1.29 is 4.42 Å². The first-order valence-electron chi connectivity index (χ1n) is 5.89. The fourth-order valence-electron chi connectivity index (χ4n) is 1.34. The molecular weight excluding hydrogens is 210 g/mol. The van der Waals surface area contributed by atoms with E-state index in [1.54, 1.807) is 6.20 Å². The van der Waals surface area contributed by atoms with Crippen LogP contribution in [-0.4, -0.2) is 4.98 Å². The molecule has 1 aromatic heterocycles. The number of aromatic nitrogens is 1. The number of aryl methyl sites for hydroxylation is 1. The molecule has 1 rings (SSSR count). The third kappa shape index (κ3) is 4.27. The SMILES string of the molecule is C\C=C/C=C\C=C(/C=C/C)c1cnc(CC)o1. The van der Waals surface area contributed by atoms with Gasteiger partial charge in [-0.2, -0.15) is 0 Å². The molecule has 0 saturated carbocycles. The molecule has 0 aliphatic heterocycles. The van der Waals surface area contributed by atoms with Crippen LogP contribution in [0.4, 0.5) is 0 Å². The lowest BCUT2D eigenvalue weighted by atomic mass is 10.2.